The number of aryl methyl sites for hydroxylation is 1. The van der Waals surface area contributed by atoms with Crippen molar-refractivity contribution in [2.24, 2.45) is 13.0 Å². The lowest BCUT2D eigenvalue weighted by Gasteiger charge is -2.31. The maximum absolute atomic E-state index is 14.8. The summed E-state index contributed by atoms with van der Waals surface area (Å²) in [6.45, 7) is 2.16. The molecule has 1 aromatic carbocycles. The third-order valence-corrected chi connectivity index (χ3v) is 6.64. The Morgan fingerprint density at radius 3 is 2.74 bits per heavy atom. The number of pyridine rings is 1. The van der Waals surface area contributed by atoms with E-state index in [0.717, 1.165) is 25.7 Å². The normalized spacial score (nSPS) is 21.7. The molecule has 2 heterocycles. The molecule has 31 heavy (non-hydrogen) atoms. The van der Waals surface area contributed by atoms with Crippen LogP contribution in [0.4, 0.5) is 10.2 Å². The van der Waals surface area contributed by atoms with Crippen LogP contribution in [0.1, 0.15) is 39.0 Å². The van der Waals surface area contributed by atoms with Gasteiger partial charge in [-0.15, -0.1) is 10.2 Å². The van der Waals surface area contributed by atoms with Gasteiger partial charge in [0.25, 0.3) is 5.56 Å². The van der Waals surface area contributed by atoms with E-state index in [2.05, 4.69) is 17.1 Å². The summed E-state index contributed by atoms with van der Waals surface area (Å²) in [5, 5.41) is 20.3. The zero-order chi connectivity index (χ0) is 22.1. The fourth-order valence-corrected chi connectivity index (χ4v) is 4.58. The number of nitrogens with zero attached hydrogens (tertiary/aromatic N) is 4. The van der Waals surface area contributed by atoms with Gasteiger partial charge in [-0.3, -0.25) is 4.79 Å². The van der Waals surface area contributed by atoms with Crippen molar-refractivity contribution in [3.8, 4) is 17.0 Å². The van der Waals surface area contributed by atoms with E-state index in [0.29, 0.717) is 40.2 Å². The van der Waals surface area contributed by atoms with Crippen molar-refractivity contribution in [2.75, 3.05) is 11.9 Å². The minimum atomic E-state index is -0.885. The van der Waals surface area contributed by atoms with Crippen molar-refractivity contribution < 1.29 is 9.50 Å². The van der Waals surface area contributed by atoms with Crippen molar-refractivity contribution >= 4 is 16.6 Å². The van der Waals surface area contributed by atoms with Crippen LogP contribution in [0.2, 0.25) is 0 Å². The van der Waals surface area contributed by atoms with Crippen molar-refractivity contribution in [1.29, 1.82) is 0 Å². The van der Waals surface area contributed by atoms with Crippen molar-refractivity contribution in [3.05, 3.63) is 46.9 Å². The molecule has 1 fully saturated rings. The molecule has 1 N–H and O–H groups in total. The summed E-state index contributed by atoms with van der Waals surface area (Å²) < 4.78 is 16.3. The van der Waals surface area contributed by atoms with Gasteiger partial charge < -0.3 is 14.6 Å². The van der Waals surface area contributed by atoms with Crippen LogP contribution in [0.15, 0.2) is 41.3 Å². The Morgan fingerprint density at radius 2 is 2.03 bits per heavy atom. The zero-order valence-corrected chi connectivity index (χ0v) is 18.3. The fraction of sp³-hybridized carbons (Fsp3) is 0.458. The number of benzene rings is 1. The lowest BCUT2D eigenvalue weighted by Crippen LogP contribution is -2.40. The van der Waals surface area contributed by atoms with Gasteiger partial charge in [0.15, 0.2) is 5.82 Å². The molecule has 0 unspecified atom stereocenters. The average Bonchev–Trinajstić information content (AvgIpc) is 2.97. The third kappa shape index (κ3) is 4.13. The van der Waals surface area contributed by atoms with Gasteiger partial charge in [0.1, 0.15) is 11.9 Å². The van der Waals surface area contributed by atoms with Gasteiger partial charge in [-0.25, -0.2) is 4.39 Å². The number of hydrogen-bond donors (Lipinski definition) is 1. The van der Waals surface area contributed by atoms with Crippen molar-refractivity contribution in [1.82, 2.24) is 14.8 Å². The molecule has 0 saturated heterocycles. The van der Waals surface area contributed by atoms with Crippen LogP contribution >= 0.6 is 0 Å². The van der Waals surface area contributed by atoms with Gasteiger partial charge in [-0.1, -0.05) is 26.2 Å². The minimum absolute atomic E-state index is 0.0366. The minimum Gasteiger partial charge on any atom is -0.507 e. The van der Waals surface area contributed by atoms with Crippen LogP contribution in [0, 0.1) is 5.92 Å². The van der Waals surface area contributed by atoms with Gasteiger partial charge in [-0.05, 0) is 54.5 Å². The van der Waals surface area contributed by atoms with Crippen molar-refractivity contribution in [2.45, 2.75) is 51.2 Å². The number of fused-ring (bicyclic) bond motifs is 1. The number of halogens is 1. The molecule has 0 radical (unpaired) electrons. The molecule has 2 aromatic heterocycles. The number of phenolic OH excluding ortho intramolecular Hbond substituents is 1. The van der Waals surface area contributed by atoms with E-state index in [1.54, 1.807) is 43.6 Å². The highest BCUT2D eigenvalue weighted by Crippen LogP contribution is 2.34. The summed E-state index contributed by atoms with van der Waals surface area (Å²) in [4.78, 5) is 14.3. The predicted molar refractivity (Wildman–Crippen MR) is 121 cm³/mol. The van der Waals surface area contributed by atoms with Gasteiger partial charge in [-0.2, -0.15) is 0 Å². The zero-order valence-electron chi connectivity index (χ0n) is 18.3. The van der Waals surface area contributed by atoms with Crippen LogP contribution in [-0.2, 0) is 7.05 Å². The molecule has 164 valence electrons. The van der Waals surface area contributed by atoms with E-state index in [9.17, 15) is 14.3 Å². The quantitative estimate of drug-likeness (QED) is 0.627. The topological polar surface area (TPSA) is 71.2 Å². The van der Waals surface area contributed by atoms with E-state index < -0.39 is 6.17 Å². The summed E-state index contributed by atoms with van der Waals surface area (Å²) in [5.74, 6) is 1.16. The van der Waals surface area contributed by atoms with Gasteiger partial charge in [0, 0.05) is 31.2 Å². The SMILES string of the molecule is CC[C@@H]1CCC[C@H](F)[C@H](N(C)c2ccc(-c3cc4c(=O)n(C)ccc4cc3O)nn2)C1. The number of phenols is 1. The number of rotatable bonds is 4. The van der Waals surface area contributed by atoms with Gasteiger partial charge >= 0.3 is 0 Å². The first-order valence-corrected chi connectivity index (χ1v) is 10.9. The van der Waals surface area contributed by atoms with E-state index >= 15 is 0 Å². The molecule has 3 aromatic rings. The molecule has 0 bridgehead atoms. The molecule has 0 aliphatic heterocycles. The molecule has 6 nitrogen and oxygen atoms in total. The average molecular weight is 425 g/mol. The lowest BCUT2D eigenvalue weighted by molar-refractivity contribution is 0.254. The number of anilines is 1. The van der Waals surface area contributed by atoms with Gasteiger partial charge in [0.2, 0.25) is 0 Å². The first-order valence-electron chi connectivity index (χ1n) is 10.9. The molecular weight excluding hydrogens is 395 g/mol. The van der Waals surface area contributed by atoms with E-state index in [-0.39, 0.29) is 17.4 Å². The first-order chi connectivity index (χ1) is 14.9. The molecule has 4 rings (SSSR count). The summed E-state index contributed by atoms with van der Waals surface area (Å²) in [6, 6.07) is 8.34. The van der Waals surface area contributed by atoms with Crippen LogP contribution in [0.3, 0.4) is 0 Å². The summed E-state index contributed by atoms with van der Waals surface area (Å²) in [6.07, 6.45) is 5.24. The monoisotopic (exact) mass is 424 g/mol. The summed E-state index contributed by atoms with van der Waals surface area (Å²) in [5.41, 5.74) is 0.767. The second-order valence-corrected chi connectivity index (χ2v) is 8.60. The molecule has 1 saturated carbocycles. The highest BCUT2D eigenvalue weighted by atomic mass is 19.1. The molecular formula is C24H29FN4O2. The molecule has 0 amide bonds. The Labute approximate surface area is 181 Å². The lowest BCUT2D eigenvalue weighted by atomic mass is 9.94. The Kier molecular flexibility index (Phi) is 5.94. The van der Waals surface area contributed by atoms with Crippen LogP contribution in [0.25, 0.3) is 22.0 Å². The summed E-state index contributed by atoms with van der Waals surface area (Å²) in [7, 11) is 3.56. The Morgan fingerprint density at radius 1 is 1.23 bits per heavy atom. The van der Waals surface area contributed by atoms with E-state index in [1.807, 2.05) is 11.9 Å². The van der Waals surface area contributed by atoms with Crippen LogP contribution in [-0.4, -0.2) is 39.1 Å². The van der Waals surface area contributed by atoms with Gasteiger partial charge in [0.05, 0.1) is 11.7 Å². The molecule has 0 spiro atoms. The Balaban J connectivity index is 1.64. The molecule has 1 aliphatic rings. The Hall–Kier alpha value is -2.96. The first kappa shape index (κ1) is 21.3. The standard InChI is InChI=1S/C24H29FN4O2/c1-4-15-6-5-7-19(25)21(12-15)29(3)23-9-8-20(26-27-23)18-14-17-16(13-22(18)30)10-11-28(2)24(17)31/h8-11,13-15,19,21,30H,4-7,12H2,1-3H3/t15-,19+,21-/m1/s1. The number of alkyl halides is 1. The van der Waals surface area contributed by atoms with E-state index in [1.165, 1.54) is 4.57 Å². The molecule has 3 atom stereocenters. The number of aromatic nitrogens is 3. The largest absolute Gasteiger partial charge is 0.507 e. The smallest absolute Gasteiger partial charge is 0.258 e. The van der Waals surface area contributed by atoms with E-state index in [4.69, 9.17) is 0 Å². The summed E-state index contributed by atoms with van der Waals surface area (Å²) >= 11 is 0. The number of aromatic hydroxyl groups is 1. The van der Waals surface area contributed by atoms with Crippen LogP contribution in [0.5, 0.6) is 5.75 Å². The highest BCUT2D eigenvalue weighted by Gasteiger charge is 2.31. The second kappa shape index (κ2) is 8.65. The Bertz CT molecular complexity index is 1130. The fourth-order valence-electron chi connectivity index (χ4n) is 4.58. The highest BCUT2D eigenvalue weighted by molar-refractivity contribution is 5.89. The number of hydrogen-bond acceptors (Lipinski definition) is 5. The predicted octanol–water partition coefficient (Wildman–Crippen LogP) is 4.44. The second-order valence-electron chi connectivity index (χ2n) is 8.60. The maximum atomic E-state index is 14.8. The molecule has 7 heteroatoms. The third-order valence-electron chi connectivity index (χ3n) is 6.64. The van der Waals surface area contributed by atoms with Crippen molar-refractivity contribution in [3.63, 3.8) is 0 Å². The molecule has 1 aliphatic carbocycles. The van der Waals surface area contributed by atoms with Crippen LogP contribution < -0.4 is 10.5 Å². The maximum Gasteiger partial charge on any atom is 0.258 e.